The van der Waals surface area contributed by atoms with Crippen molar-refractivity contribution >= 4 is 29.7 Å². The number of nitrogens with two attached hydrogens (primary N) is 5. The molecule has 230 valence electrons. The lowest BCUT2D eigenvalue weighted by Crippen LogP contribution is -2.57. The maximum absolute atomic E-state index is 13.5. The quantitative estimate of drug-likeness (QED) is 0.0459. The predicted octanol–water partition coefficient (Wildman–Crippen LogP) is -1.59. The number of rotatable bonds is 21. The number of carbonyl (C=O) groups is 4. The van der Waals surface area contributed by atoms with Crippen molar-refractivity contribution in [3.8, 4) is 0 Å². The van der Waals surface area contributed by atoms with E-state index in [1.807, 2.05) is 18.2 Å². The number of benzene rings is 1. The highest BCUT2D eigenvalue weighted by molar-refractivity contribution is 5.94. The number of guanidine groups is 1. The maximum Gasteiger partial charge on any atom is 0.326 e. The molecule has 14 nitrogen and oxygen atoms in total. The molecule has 0 saturated heterocycles. The Morgan fingerprint density at radius 2 is 1.27 bits per heavy atom. The van der Waals surface area contributed by atoms with Gasteiger partial charge in [-0.05, 0) is 70.0 Å². The molecular weight excluding hydrogens is 530 g/mol. The Bertz CT molecular complexity index is 973. The van der Waals surface area contributed by atoms with Crippen LogP contribution in [0.4, 0.5) is 0 Å². The number of nitrogens with zero attached hydrogens (tertiary/aromatic N) is 1. The molecule has 0 heterocycles. The molecule has 1 aromatic rings. The minimum atomic E-state index is -1.18. The van der Waals surface area contributed by atoms with Crippen LogP contribution in [0.1, 0.15) is 56.9 Å². The molecule has 3 amide bonds. The van der Waals surface area contributed by atoms with Crippen molar-refractivity contribution in [2.24, 2.45) is 33.7 Å². The number of hydrogen-bond acceptors (Lipinski definition) is 8. The van der Waals surface area contributed by atoms with Crippen LogP contribution >= 0.6 is 0 Å². The molecule has 0 radical (unpaired) electrons. The third-order valence-corrected chi connectivity index (χ3v) is 6.36. The molecule has 4 atom stereocenters. The van der Waals surface area contributed by atoms with E-state index < -0.39 is 47.9 Å². The van der Waals surface area contributed by atoms with Gasteiger partial charge in [-0.1, -0.05) is 30.3 Å². The molecule has 0 spiro atoms. The van der Waals surface area contributed by atoms with E-state index in [-0.39, 0.29) is 31.6 Å². The van der Waals surface area contributed by atoms with Crippen LogP contribution in [0.25, 0.3) is 0 Å². The van der Waals surface area contributed by atoms with Crippen LogP contribution in [0.3, 0.4) is 0 Å². The Hall–Kier alpha value is -3.75. The molecule has 0 aliphatic rings. The summed E-state index contributed by atoms with van der Waals surface area (Å²) in [7, 11) is 0. The Kier molecular flexibility index (Phi) is 17.4. The fraction of sp³-hybridized carbons (Fsp3) is 0.593. The lowest BCUT2D eigenvalue weighted by atomic mass is 10.0. The number of amides is 3. The molecule has 0 aromatic heterocycles. The van der Waals surface area contributed by atoms with Crippen molar-refractivity contribution in [1.82, 2.24) is 16.0 Å². The molecular formula is C27H47N9O5. The first-order valence-corrected chi connectivity index (χ1v) is 14.0. The van der Waals surface area contributed by atoms with Gasteiger partial charge in [0, 0.05) is 13.0 Å². The Labute approximate surface area is 241 Å². The van der Waals surface area contributed by atoms with Gasteiger partial charge in [0.15, 0.2) is 5.96 Å². The standard InChI is InChI=1S/C27H47N9O5/c28-14-6-4-12-20(24(38)35-21(26(40)41)13-5-7-15-29)34-25(39)22(17-18-9-2-1-3-10-18)36-23(37)19(30)11-8-16-33-27(31)32/h1-3,9-10,19-22H,4-8,11-17,28-30H2,(H,34,39)(H,35,38)(H,36,37)(H,40,41)(H4,31,32,33). The first-order valence-electron chi connectivity index (χ1n) is 14.0. The van der Waals surface area contributed by atoms with Gasteiger partial charge in [0.05, 0.1) is 6.04 Å². The summed E-state index contributed by atoms with van der Waals surface area (Å²) in [6.07, 6.45) is 3.61. The summed E-state index contributed by atoms with van der Waals surface area (Å²) in [6, 6.07) is 4.95. The van der Waals surface area contributed by atoms with E-state index in [0.29, 0.717) is 51.7 Å². The summed E-state index contributed by atoms with van der Waals surface area (Å²) in [4.78, 5) is 55.1. The SMILES string of the molecule is NCCCCC(NC(=O)C(CCCCN)NC(=O)C(Cc1ccccc1)NC(=O)C(N)CCCN=C(N)N)C(=O)O. The van der Waals surface area contributed by atoms with Gasteiger partial charge in [-0.2, -0.15) is 0 Å². The summed E-state index contributed by atoms with van der Waals surface area (Å²) < 4.78 is 0. The fourth-order valence-electron chi connectivity index (χ4n) is 4.04. The second-order valence-electron chi connectivity index (χ2n) is 9.84. The lowest BCUT2D eigenvalue weighted by molar-refractivity contribution is -0.142. The van der Waals surface area contributed by atoms with Crippen LogP contribution in [0.5, 0.6) is 0 Å². The van der Waals surface area contributed by atoms with Crippen LogP contribution < -0.4 is 44.6 Å². The third-order valence-electron chi connectivity index (χ3n) is 6.36. The molecule has 0 fully saturated rings. The van der Waals surface area contributed by atoms with Gasteiger partial charge in [-0.15, -0.1) is 0 Å². The zero-order valence-electron chi connectivity index (χ0n) is 23.6. The number of aliphatic carboxylic acids is 1. The lowest BCUT2D eigenvalue weighted by Gasteiger charge is -2.25. The highest BCUT2D eigenvalue weighted by Crippen LogP contribution is 2.09. The Morgan fingerprint density at radius 3 is 1.83 bits per heavy atom. The molecule has 14 N–H and O–H groups in total. The van der Waals surface area contributed by atoms with E-state index in [0.717, 1.165) is 5.56 Å². The summed E-state index contributed by atoms with van der Waals surface area (Å²) in [5.41, 5.74) is 28.6. The Balaban J connectivity index is 3.04. The van der Waals surface area contributed by atoms with Gasteiger partial charge in [-0.25, -0.2) is 4.79 Å². The number of hydrogen-bond donors (Lipinski definition) is 9. The highest BCUT2D eigenvalue weighted by Gasteiger charge is 2.30. The van der Waals surface area contributed by atoms with Crippen LogP contribution in [0, 0.1) is 0 Å². The second-order valence-corrected chi connectivity index (χ2v) is 9.84. The molecule has 14 heteroatoms. The zero-order valence-corrected chi connectivity index (χ0v) is 23.6. The highest BCUT2D eigenvalue weighted by atomic mass is 16.4. The molecule has 41 heavy (non-hydrogen) atoms. The third kappa shape index (κ3) is 15.0. The van der Waals surface area contributed by atoms with E-state index in [1.165, 1.54) is 0 Å². The van der Waals surface area contributed by atoms with Gasteiger partial charge < -0.3 is 49.7 Å². The topological polar surface area (TPSA) is 267 Å². The van der Waals surface area contributed by atoms with Crippen molar-refractivity contribution in [2.45, 2.75) is 82.0 Å². The largest absolute Gasteiger partial charge is 0.480 e. The van der Waals surface area contributed by atoms with Crippen molar-refractivity contribution in [2.75, 3.05) is 19.6 Å². The van der Waals surface area contributed by atoms with E-state index in [4.69, 9.17) is 28.7 Å². The first-order chi connectivity index (χ1) is 19.6. The number of carboxylic acid groups (broad SMARTS) is 1. The van der Waals surface area contributed by atoms with Crippen molar-refractivity contribution in [3.63, 3.8) is 0 Å². The van der Waals surface area contributed by atoms with Gasteiger partial charge in [-0.3, -0.25) is 19.4 Å². The van der Waals surface area contributed by atoms with Crippen LogP contribution in [-0.2, 0) is 25.6 Å². The van der Waals surface area contributed by atoms with Gasteiger partial charge in [0.1, 0.15) is 18.1 Å². The van der Waals surface area contributed by atoms with Gasteiger partial charge in [0.2, 0.25) is 17.7 Å². The summed E-state index contributed by atoms with van der Waals surface area (Å²) in [5, 5.41) is 17.5. The summed E-state index contributed by atoms with van der Waals surface area (Å²) in [6.45, 7) is 1.11. The molecule has 0 saturated carbocycles. The number of carboxylic acids is 1. The smallest absolute Gasteiger partial charge is 0.326 e. The van der Waals surface area contributed by atoms with Crippen molar-refractivity contribution in [1.29, 1.82) is 0 Å². The molecule has 0 bridgehead atoms. The number of aliphatic imine (C=N–C) groups is 1. The van der Waals surface area contributed by atoms with Gasteiger partial charge in [0.25, 0.3) is 0 Å². The second kappa shape index (κ2) is 20.2. The molecule has 1 aromatic carbocycles. The predicted molar refractivity (Wildman–Crippen MR) is 157 cm³/mol. The molecule has 1 rings (SSSR count). The zero-order chi connectivity index (χ0) is 30.6. The van der Waals surface area contributed by atoms with Crippen molar-refractivity contribution in [3.05, 3.63) is 35.9 Å². The molecule has 4 unspecified atom stereocenters. The monoisotopic (exact) mass is 577 g/mol. The minimum Gasteiger partial charge on any atom is -0.480 e. The van der Waals surface area contributed by atoms with E-state index in [2.05, 4.69) is 20.9 Å². The van der Waals surface area contributed by atoms with Gasteiger partial charge >= 0.3 is 5.97 Å². The average molecular weight is 578 g/mol. The number of unbranched alkanes of at least 4 members (excludes halogenated alkanes) is 2. The normalized spacial score (nSPS) is 13.7. The van der Waals surface area contributed by atoms with Crippen LogP contribution in [0.2, 0.25) is 0 Å². The minimum absolute atomic E-state index is 0.0575. The molecule has 0 aliphatic heterocycles. The van der Waals surface area contributed by atoms with Crippen molar-refractivity contribution < 1.29 is 24.3 Å². The summed E-state index contributed by atoms with van der Waals surface area (Å²) >= 11 is 0. The number of carbonyl (C=O) groups excluding carboxylic acids is 3. The Morgan fingerprint density at radius 1 is 0.732 bits per heavy atom. The molecule has 0 aliphatic carbocycles. The first kappa shape index (κ1) is 35.3. The van der Waals surface area contributed by atoms with E-state index >= 15 is 0 Å². The van der Waals surface area contributed by atoms with Crippen LogP contribution in [0.15, 0.2) is 35.3 Å². The maximum atomic E-state index is 13.5. The van der Waals surface area contributed by atoms with Crippen LogP contribution in [-0.4, -0.2) is 78.6 Å². The summed E-state index contributed by atoms with van der Waals surface area (Å²) in [5.74, 6) is -3.00. The van der Waals surface area contributed by atoms with E-state index in [1.54, 1.807) is 12.1 Å². The average Bonchev–Trinajstić information content (AvgIpc) is 2.94. The van der Waals surface area contributed by atoms with E-state index in [9.17, 15) is 24.3 Å². The fourth-order valence-corrected chi connectivity index (χ4v) is 4.04. The number of nitrogens with one attached hydrogen (secondary N) is 3.